The van der Waals surface area contributed by atoms with Crippen molar-refractivity contribution in [2.45, 2.75) is 155 Å². The molecule has 21 atom stereocenters. The summed E-state index contributed by atoms with van der Waals surface area (Å²) < 4.78 is 39.0. The summed E-state index contributed by atoms with van der Waals surface area (Å²) in [5.41, 5.74) is 0. The van der Waals surface area contributed by atoms with Gasteiger partial charge in [-0.2, -0.15) is 0 Å². The Kier molecular flexibility index (Phi) is 15.8. The van der Waals surface area contributed by atoms with Crippen molar-refractivity contribution < 1.29 is 114 Å². The zero-order valence-corrected chi connectivity index (χ0v) is 30.3. The van der Waals surface area contributed by atoms with E-state index < -0.39 is 172 Å². The molecule has 15 N–H and O–H groups in total. The molecule has 4 aliphatic heterocycles. The maximum absolute atomic E-state index is 12.8. The molecule has 0 unspecified atom stereocenters. The molecule has 0 aromatic carbocycles. The number of carbonyl (C=O) groups is 3. The lowest BCUT2D eigenvalue weighted by Crippen LogP contribution is -2.71. The van der Waals surface area contributed by atoms with Gasteiger partial charge in [0, 0.05) is 20.3 Å². The van der Waals surface area contributed by atoms with Gasteiger partial charge in [-0.1, -0.05) is 0 Å². The summed E-state index contributed by atoms with van der Waals surface area (Å²) in [6.45, 7) is 0.542. The third-order valence-corrected chi connectivity index (χ3v) is 9.94. The molecule has 4 heterocycles. The zero-order chi connectivity index (χ0) is 42.0. The molecule has 4 fully saturated rings. The number of carboxylic acid groups (broad SMARTS) is 1. The van der Waals surface area contributed by atoms with Gasteiger partial charge in [0.2, 0.25) is 11.8 Å². The molecule has 0 aromatic rings. The third kappa shape index (κ3) is 9.74. The quantitative estimate of drug-likeness (QED) is 0.0773. The number of hydrogen-bond acceptors (Lipinski definition) is 22. The molecule has 25 heteroatoms. The molecule has 0 bridgehead atoms. The lowest BCUT2D eigenvalue weighted by molar-refractivity contribution is -0.388. The summed E-state index contributed by atoms with van der Waals surface area (Å²) in [6, 6.07) is -3.03. The Hall–Kier alpha value is -2.35. The number of carbonyl (C=O) groups excluding carboxylic acids is 2. The summed E-state index contributed by atoms with van der Waals surface area (Å²) in [7, 11) is 0. The molecule has 0 spiro atoms. The highest BCUT2D eigenvalue weighted by Crippen LogP contribution is 2.38. The average Bonchev–Trinajstić information content (AvgIpc) is 3.14. The number of aliphatic carboxylic acids is 1. The molecule has 2 amide bonds. The Morgan fingerprint density at radius 3 is 1.82 bits per heavy atom. The minimum atomic E-state index is -3.07. The van der Waals surface area contributed by atoms with Crippen LogP contribution in [-0.4, -0.2) is 232 Å². The smallest absolute Gasteiger partial charge is 0.364 e. The van der Waals surface area contributed by atoms with Gasteiger partial charge >= 0.3 is 5.97 Å². The number of nitrogens with one attached hydrogen (secondary N) is 2. The van der Waals surface area contributed by atoms with Crippen LogP contribution in [0.5, 0.6) is 0 Å². The molecule has 25 nitrogen and oxygen atoms in total. The topological polar surface area (TPSA) is 403 Å². The molecular formula is C31H52N2O23. The van der Waals surface area contributed by atoms with Crippen molar-refractivity contribution in [3.05, 3.63) is 0 Å². The Morgan fingerprint density at radius 2 is 1.27 bits per heavy atom. The van der Waals surface area contributed by atoms with Crippen LogP contribution < -0.4 is 10.6 Å². The van der Waals surface area contributed by atoms with Crippen molar-refractivity contribution in [2.75, 3.05) is 19.8 Å². The van der Waals surface area contributed by atoms with Crippen molar-refractivity contribution in [3.63, 3.8) is 0 Å². The number of amides is 2. The van der Waals surface area contributed by atoms with Gasteiger partial charge < -0.3 is 110 Å². The monoisotopic (exact) mass is 820 g/mol. The first-order valence-electron chi connectivity index (χ1n) is 17.6. The third-order valence-electron chi connectivity index (χ3n) is 9.94. The Balaban J connectivity index is 1.56. The normalized spacial score (nSPS) is 45.7. The number of aliphatic hydroxyl groups excluding tert-OH is 12. The fraction of sp³-hybridized carbons (Fsp3) is 0.903. The maximum Gasteiger partial charge on any atom is 0.364 e. The second kappa shape index (κ2) is 19.1. The highest BCUT2D eigenvalue weighted by atomic mass is 16.8. The number of hydrogen-bond donors (Lipinski definition) is 15. The van der Waals surface area contributed by atoms with Crippen molar-refractivity contribution in [1.82, 2.24) is 10.6 Å². The standard InChI is InChI=1S/C31H52N2O23/c1-8-23(20(44)21(45)28(50-8)54-24-16(33-10(3)38)27(47)51-13(6-35)18(24)42)53-29-22(46)26(19(43)14(7-36)52-29)56-31(30(48)49)4-11(39)15(32-9(2)37)25(55-31)17(41)12(40)5-34/h8,11-29,34-36,39-47H,4-7H2,1-3H3,(H,32,37)(H,33,38)(H,48,49)/t8-,11-,12+,13+,14+,15+,16+,17+,18+,19-,20-,21-,22+,23+,24+,25+,26-,27-,28-,29-,31-/m0/s1. The number of aliphatic hydroxyl groups is 12. The number of rotatable bonds is 14. The van der Waals surface area contributed by atoms with Gasteiger partial charge in [0.25, 0.3) is 5.79 Å². The molecule has 0 radical (unpaired) electrons. The van der Waals surface area contributed by atoms with Gasteiger partial charge in [-0.3, -0.25) is 9.59 Å². The fourth-order valence-corrected chi connectivity index (χ4v) is 7.02. The van der Waals surface area contributed by atoms with E-state index in [9.17, 15) is 80.8 Å². The zero-order valence-electron chi connectivity index (χ0n) is 30.3. The molecule has 0 saturated carbocycles. The van der Waals surface area contributed by atoms with Gasteiger partial charge in [0.05, 0.1) is 38.1 Å². The summed E-state index contributed by atoms with van der Waals surface area (Å²) in [6.07, 6.45) is -34.5. The first-order chi connectivity index (χ1) is 26.2. The van der Waals surface area contributed by atoms with E-state index in [0.29, 0.717) is 0 Å². The summed E-state index contributed by atoms with van der Waals surface area (Å²) >= 11 is 0. The lowest BCUT2D eigenvalue weighted by Gasteiger charge is -2.51. The second-order valence-electron chi connectivity index (χ2n) is 14.0. The van der Waals surface area contributed by atoms with E-state index in [2.05, 4.69) is 10.6 Å². The molecule has 4 rings (SSSR count). The summed E-state index contributed by atoms with van der Waals surface area (Å²) in [5, 5.41) is 142. The van der Waals surface area contributed by atoms with Crippen molar-refractivity contribution >= 4 is 17.8 Å². The first kappa shape index (κ1) is 46.3. The SMILES string of the molecule is CC(=O)N[C@@H]1[C@@H](O[C@@H]2O[C@@H](C)[C@@H](O[C@@H]3O[C@H](CO)[C@H](O)[C@H](O[C@]4(C(=O)O)C[C@H](O)[C@@H](NC(C)=O)[C@H]([C@H](O)[C@H](O)CO)O4)[C@H]3O)[C@@H](O)[C@@H]2O)[C@H](O)[C@@H](CO)O[C@@H]1O. The average molecular weight is 821 g/mol. The molecule has 324 valence electrons. The second-order valence-corrected chi connectivity index (χ2v) is 14.0. The van der Waals surface area contributed by atoms with Crippen LogP contribution >= 0.6 is 0 Å². The maximum atomic E-state index is 12.8. The molecule has 4 saturated heterocycles. The van der Waals surface area contributed by atoms with Gasteiger partial charge in [0.15, 0.2) is 18.9 Å². The number of ether oxygens (including phenoxy) is 7. The van der Waals surface area contributed by atoms with Crippen LogP contribution in [0.3, 0.4) is 0 Å². The molecule has 0 aromatic heterocycles. The predicted molar refractivity (Wildman–Crippen MR) is 173 cm³/mol. The molecule has 0 aliphatic carbocycles. The predicted octanol–water partition coefficient (Wildman–Crippen LogP) is -9.23. The van der Waals surface area contributed by atoms with Crippen LogP contribution in [0.4, 0.5) is 0 Å². The van der Waals surface area contributed by atoms with E-state index >= 15 is 0 Å². The van der Waals surface area contributed by atoms with Crippen LogP contribution in [0.15, 0.2) is 0 Å². The van der Waals surface area contributed by atoms with Crippen molar-refractivity contribution in [2.24, 2.45) is 0 Å². The van der Waals surface area contributed by atoms with Gasteiger partial charge in [0.1, 0.15) is 85.4 Å². The van der Waals surface area contributed by atoms with Crippen LogP contribution in [0.2, 0.25) is 0 Å². The fourth-order valence-electron chi connectivity index (χ4n) is 7.02. The summed E-state index contributed by atoms with van der Waals surface area (Å²) in [4.78, 5) is 36.4. The highest BCUT2D eigenvalue weighted by Gasteiger charge is 2.60. The van der Waals surface area contributed by atoms with Gasteiger partial charge in [-0.15, -0.1) is 0 Å². The lowest BCUT2D eigenvalue weighted by atomic mass is 9.88. The van der Waals surface area contributed by atoms with Crippen LogP contribution in [-0.2, 0) is 47.5 Å². The first-order valence-corrected chi connectivity index (χ1v) is 17.6. The van der Waals surface area contributed by atoms with E-state index in [1.54, 1.807) is 0 Å². The Morgan fingerprint density at radius 1 is 0.732 bits per heavy atom. The minimum absolute atomic E-state index is 0.680. The largest absolute Gasteiger partial charge is 0.477 e. The molecule has 56 heavy (non-hydrogen) atoms. The summed E-state index contributed by atoms with van der Waals surface area (Å²) in [5.74, 6) is -6.52. The van der Waals surface area contributed by atoms with Crippen LogP contribution in [0, 0.1) is 0 Å². The molecule has 4 aliphatic rings. The number of carboxylic acids is 1. The van der Waals surface area contributed by atoms with Crippen LogP contribution in [0.1, 0.15) is 27.2 Å². The van der Waals surface area contributed by atoms with Crippen molar-refractivity contribution in [1.29, 1.82) is 0 Å². The van der Waals surface area contributed by atoms with E-state index in [-0.39, 0.29) is 0 Å². The van der Waals surface area contributed by atoms with Crippen LogP contribution in [0.25, 0.3) is 0 Å². The Labute approximate surface area is 317 Å². The van der Waals surface area contributed by atoms with Gasteiger partial charge in [-0.25, -0.2) is 4.79 Å². The van der Waals surface area contributed by atoms with Crippen molar-refractivity contribution in [3.8, 4) is 0 Å². The highest BCUT2D eigenvalue weighted by molar-refractivity contribution is 5.76. The van der Waals surface area contributed by atoms with E-state index in [1.165, 1.54) is 6.92 Å². The Bertz CT molecular complexity index is 1330. The van der Waals surface area contributed by atoms with E-state index in [0.717, 1.165) is 13.8 Å². The molecular weight excluding hydrogens is 768 g/mol. The minimum Gasteiger partial charge on any atom is -0.477 e. The van der Waals surface area contributed by atoms with Gasteiger partial charge in [-0.05, 0) is 6.92 Å². The van der Waals surface area contributed by atoms with E-state index in [4.69, 9.17) is 33.2 Å². The van der Waals surface area contributed by atoms with E-state index in [1.807, 2.05) is 0 Å².